The molecule has 1 atom stereocenters. The molecule has 1 aliphatic heterocycles. The second-order valence-electron chi connectivity index (χ2n) is 4.72. The Kier molecular flexibility index (Phi) is 4.20. The molecular weight excluding hydrogens is 230 g/mol. The molecule has 1 amide bonds. The van der Waals surface area contributed by atoms with Gasteiger partial charge in [0.25, 0.3) is 5.91 Å². The van der Waals surface area contributed by atoms with Gasteiger partial charge in [0.1, 0.15) is 5.75 Å². The number of carbonyl (C=O) groups is 1. The Balaban J connectivity index is 1.93. The molecule has 4 nitrogen and oxygen atoms in total. The third-order valence-corrected chi connectivity index (χ3v) is 3.21. The van der Waals surface area contributed by atoms with Gasteiger partial charge in [-0.3, -0.25) is 4.79 Å². The highest BCUT2D eigenvalue weighted by molar-refractivity contribution is 5.94. The van der Waals surface area contributed by atoms with Gasteiger partial charge in [0, 0.05) is 25.8 Å². The number of phenolic OH excluding ortho intramolecular Hbond substituents is 1. The van der Waals surface area contributed by atoms with Crippen molar-refractivity contribution >= 4 is 5.91 Å². The van der Waals surface area contributed by atoms with Crippen LogP contribution in [0.4, 0.5) is 0 Å². The lowest BCUT2D eigenvalue weighted by molar-refractivity contribution is -0.000188. The standard InChI is InChI=1S/C14H19NO3/c1-15(10-13-4-2-3-9-18-13)14(17)11-5-7-12(16)8-6-11/h5-8,13,16H,2-4,9-10H2,1H3. The van der Waals surface area contributed by atoms with Gasteiger partial charge >= 0.3 is 0 Å². The minimum atomic E-state index is -0.0378. The fourth-order valence-corrected chi connectivity index (χ4v) is 2.16. The molecule has 0 saturated carbocycles. The van der Waals surface area contributed by atoms with E-state index in [4.69, 9.17) is 4.74 Å². The quantitative estimate of drug-likeness (QED) is 0.891. The summed E-state index contributed by atoms with van der Waals surface area (Å²) >= 11 is 0. The van der Waals surface area contributed by atoms with Crippen molar-refractivity contribution < 1.29 is 14.6 Å². The third-order valence-electron chi connectivity index (χ3n) is 3.21. The van der Waals surface area contributed by atoms with Gasteiger partial charge in [-0.1, -0.05) is 0 Å². The topological polar surface area (TPSA) is 49.8 Å². The molecule has 1 heterocycles. The summed E-state index contributed by atoms with van der Waals surface area (Å²) in [6, 6.07) is 6.32. The molecule has 0 spiro atoms. The van der Waals surface area contributed by atoms with Crippen molar-refractivity contribution in [2.75, 3.05) is 20.2 Å². The molecule has 1 aliphatic rings. The Hall–Kier alpha value is -1.55. The van der Waals surface area contributed by atoms with Gasteiger partial charge in [-0.15, -0.1) is 0 Å². The van der Waals surface area contributed by atoms with Crippen LogP contribution < -0.4 is 0 Å². The van der Waals surface area contributed by atoms with Crippen molar-refractivity contribution in [2.24, 2.45) is 0 Å². The second-order valence-corrected chi connectivity index (χ2v) is 4.72. The minimum Gasteiger partial charge on any atom is -0.508 e. The number of ether oxygens (including phenoxy) is 1. The summed E-state index contributed by atoms with van der Waals surface area (Å²) in [6.45, 7) is 1.42. The lowest BCUT2D eigenvalue weighted by Gasteiger charge is -2.27. The first-order valence-electron chi connectivity index (χ1n) is 6.33. The number of phenols is 1. The van der Waals surface area contributed by atoms with E-state index in [0.29, 0.717) is 12.1 Å². The maximum absolute atomic E-state index is 12.1. The smallest absolute Gasteiger partial charge is 0.253 e. The van der Waals surface area contributed by atoms with E-state index in [2.05, 4.69) is 0 Å². The third kappa shape index (κ3) is 3.23. The van der Waals surface area contributed by atoms with E-state index < -0.39 is 0 Å². The summed E-state index contributed by atoms with van der Waals surface area (Å²) in [5, 5.41) is 9.19. The number of amides is 1. The number of hydrogen-bond donors (Lipinski definition) is 1. The van der Waals surface area contributed by atoms with Gasteiger partial charge in [0.15, 0.2) is 0 Å². The Morgan fingerprint density at radius 2 is 2.11 bits per heavy atom. The lowest BCUT2D eigenvalue weighted by Crippen LogP contribution is -2.37. The molecule has 2 rings (SSSR count). The molecule has 0 aromatic heterocycles. The van der Waals surface area contributed by atoms with Crippen molar-refractivity contribution in [1.29, 1.82) is 0 Å². The normalized spacial score (nSPS) is 19.5. The Bertz CT molecular complexity index is 396. The molecule has 1 aromatic carbocycles. The molecule has 0 aliphatic carbocycles. The zero-order valence-corrected chi connectivity index (χ0v) is 10.6. The fourth-order valence-electron chi connectivity index (χ4n) is 2.16. The van der Waals surface area contributed by atoms with E-state index in [0.717, 1.165) is 19.4 Å². The molecule has 1 unspecified atom stereocenters. The van der Waals surface area contributed by atoms with Gasteiger partial charge in [-0.2, -0.15) is 0 Å². The van der Waals surface area contributed by atoms with E-state index in [1.807, 2.05) is 0 Å². The van der Waals surface area contributed by atoms with Crippen molar-refractivity contribution in [3.05, 3.63) is 29.8 Å². The highest BCUT2D eigenvalue weighted by atomic mass is 16.5. The average Bonchev–Trinajstić information content (AvgIpc) is 2.40. The zero-order chi connectivity index (χ0) is 13.0. The monoisotopic (exact) mass is 249 g/mol. The fraction of sp³-hybridized carbons (Fsp3) is 0.500. The second kappa shape index (κ2) is 5.87. The molecule has 0 bridgehead atoms. The molecule has 18 heavy (non-hydrogen) atoms. The van der Waals surface area contributed by atoms with Gasteiger partial charge in [-0.05, 0) is 43.5 Å². The Morgan fingerprint density at radius 1 is 1.39 bits per heavy atom. The van der Waals surface area contributed by atoms with Crippen LogP contribution in [0.3, 0.4) is 0 Å². The summed E-state index contributed by atoms with van der Waals surface area (Å²) in [5.41, 5.74) is 0.589. The summed E-state index contributed by atoms with van der Waals surface area (Å²) in [4.78, 5) is 13.8. The predicted octanol–water partition coefficient (Wildman–Crippen LogP) is 2.03. The number of rotatable bonds is 3. The number of likely N-dealkylation sites (N-methyl/N-ethyl adjacent to an activating group) is 1. The highest BCUT2D eigenvalue weighted by Gasteiger charge is 2.19. The molecule has 4 heteroatoms. The van der Waals surface area contributed by atoms with Crippen LogP contribution in [0.15, 0.2) is 24.3 Å². The number of nitrogens with zero attached hydrogens (tertiary/aromatic N) is 1. The molecule has 0 radical (unpaired) electrons. The van der Waals surface area contributed by atoms with Crippen molar-refractivity contribution in [3.8, 4) is 5.75 Å². The summed E-state index contributed by atoms with van der Waals surface area (Å²) < 4.78 is 5.62. The molecule has 1 aromatic rings. The van der Waals surface area contributed by atoms with Crippen molar-refractivity contribution in [2.45, 2.75) is 25.4 Å². The van der Waals surface area contributed by atoms with E-state index in [-0.39, 0.29) is 17.8 Å². The first-order valence-corrected chi connectivity index (χ1v) is 6.33. The SMILES string of the molecule is CN(CC1CCCCO1)C(=O)c1ccc(O)cc1. The van der Waals surface area contributed by atoms with Crippen LogP contribution in [-0.4, -0.2) is 42.2 Å². The zero-order valence-electron chi connectivity index (χ0n) is 10.6. The van der Waals surface area contributed by atoms with E-state index >= 15 is 0 Å². The summed E-state index contributed by atoms with van der Waals surface area (Å²) in [6.07, 6.45) is 3.47. The molecule has 98 valence electrons. The maximum atomic E-state index is 12.1. The van der Waals surface area contributed by atoms with Crippen LogP contribution in [-0.2, 0) is 4.74 Å². The molecule has 1 N–H and O–H groups in total. The van der Waals surface area contributed by atoms with Crippen LogP contribution in [0, 0.1) is 0 Å². The number of aromatic hydroxyl groups is 1. The van der Waals surface area contributed by atoms with Gasteiger partial charge in [0.2, 0.25) is 0 Å². The van der Waals surface area contributed by atoms with E-state index in [9.17, 15) is 9.90 Å². The first-order chi connectivity index (χ1) is 8.66. The van der Waals surface area contributed by atoms with Gasteiger partial charge < -0.3 is 14.7 Å². The van der Waals surface area contributed by atoms with Crippen molar-refractivity contribution in [1.82, 2.24) is 4.90 Å². The first kappa shape index (κ1) is 12.9. The summed E-state index contributed by atoms with van der Waals surface area (Å²) in [7, 11) is 1.78. The van der Waals surface area contributed by atoms with Gasteiger partial charge in [-0.25, -0.2) is 0 Å². The largest absolute Gasteiger partial charge is 0.508 e. The Labute approximate surface area is 107 Å². The molecule has 1 fully saturated rings. The van der Waals surface area contributed by atoms with Crippen LogP contribution in [0.5, 0.6) is 5.75 Å². The van der Waals surface area contributed by atoms with Crippen LogP contribution in [0.25, 0.3) is 0 Å². The van der Waals surface area contributed by atoms with Crippen molar-refractivity contribution in [3.63, 3.8) is 0 Å². The molecular formula is C14H19NO3. The van der Waals surface area contributed by atoms with Crippen LogP contribution >= 0.6 is 0 Å². The van der Waals surface area contributed by atoms with E-state index in [1.165, 1.54) is 18.6 Å². The Morgan fingerprint density at radius 3 is 2.72 bits per heavy atom. The maximum Gasteiger partial charge on any atom is 0.253 e. The lowest BCUT2D eigenvalue weighted by atomic mass is 10.1. The van der Waals surface area contributed by atoms with Gasteiger partial charge in [0.05, 0.1) is 6.10 Å². The molecule has 1 saturated heterocycles. The summed E-state index contributed by atoms with van der Waals surface area (Å²) in [5.74, 6) is 0.133. The predicted molar refractivity (Wildman–Crippen MR) is 68.7 cm³/mol. The number of benzene rings is 1. The average molecular weight is 249 g/mol. The van der Waals surface area contributed by atoms with E-state index in [1.54, 1.807) is 24.1 Å². The minimum absolute atomic E-state index is 0.0378. The number of hydrogen-bond acceptors (Lipinski definition) is 3. The number of carbonyl (C=O) groups excluding carboxylic acids is 1. The highest BCUT2D eigenvalue weighted by Crippen LogP contribution is 2.15. The van der Waals surface area contributed by atoms with Crippen LogP contribution in [0.1, 0.15) is 29.6 Å². The van der Waals surface area contributed by atoms with Crippen LogP contribution in [0.2, 0.25) is 0 Å².